The number of aromatic nitrogens is 2. The molecule has 0 radical (unpaired) electrons. The summed E-state index contributed by atoms with van der Waals surface area (Å²) in [5, 5.41) is 5.86. The Morgan fingerprint density at radius 3 is 2.48 bits per heavy atom. The number of carbonyl (C=O) groups is 2. The lowest BCUT2D eigenvalue weighted by Crippen LogP contribution is -2.54. The summed E-state index contributed by atoms with van der Waals surface area (Å²) in [6, 6.07) is 7.77. The lowest BCUT2D eigenvalue weighted by Gasteiger charge is -2.36. The number of nitrogens with one attached hydrogen (secondary N) is 2. The van der Waals surface area contributed by atoms with E-state index in [2.05, 4.69) is 20.6 Å². The fraction of sp³-hybridized carbons (Fsp3) is 0.429. The number of hydrogen-bond acceptors (Lipinski definition) is 6. The van der Waals surface area contributed by atoms with E-state index >= 15 is 0 Å². The molecule has 0 atom stereocenters. The number of amides is 2. The van der Waals surface area contributed by atoms with Crippen LogP contribution in [-0.4, -0.2) is 54.6 Å². The van der Waals surface area contributed by atoms with Crippen LogP contribution < -0.4 is 20.3 Å². The molecule has 154 valence electrons. The minimum atomic E-state index is -0.253. The number of anilines is 1. The SMILES string of the molecule is CCc1ccccc1OCC(=O)NC1CC(NC(=O)c2cnc(N(C)C)cn2)C1. The first kappa shape index (κ1) is 20.6. The fourth-order valence-corrected chi connectivity index (χ4v) is 3.13. The summed E-state index contributed by atoms with van der Waals surface area (Å²) in [4.78, 5) is 34.5. The Hall–Kier alpha value is -3.16. The Kier molecular flexibility index (Phi) is 6.64. The van der Waals surface area contributed by atoms with Crippen molar-refractivity contribution in [3.63, 3.8) is 0 Å². The largest absolute Gasteiger partial charge is 0.483 e. The van der Waals surface area contributed by atoms with E-state index in [1.165, 1.54) is 6.20 Å². The molecule has 29 heavy (non-hydrogen) atoms. The van der Waals surface area contributed by atoms with Crippen LogP contribution in [0, 0.1) is 0 Å². The van der Waals surface area contributed by atoms with Crippen molar-refractivity contribution in [3.05, 3.63) is 47.9 Å². The van der Waals surface area contributed by atoms with Crippen LogP contribution in [0.1, 0.15) is 35.8 Å². The number of aryl methyl sites for hydroxylation is 1. The van der Waals surface area contributed by atoms with Gasteiger partial charge in [-0.15, -0.1) is 0 Å². The maximum atomic E-state index is 12.2. The van der Waals surface area contributed by atoms with E-state index in [-0.39, 0.29) is 36.2 Å². The molecule has 0 spiro atoms. The quantitative estimate of drug-likeness (QED) is 0.702. The monoisotopic (exact) mass is 397 g/mol. The minimum Gasteiger partial charge on any atom is -0.483 e. The van der Waals surface area contributed by atoms with Gasteiger partial charge in [0.1, 0.15) is 17.3 Å². The van der Waals surface area contributed by atoms with Crippen LogP contribution in [0.3, 0.4) is 0 Å². The van der Waals surface area contributed by atoms with Crippen molar-refractivity contribution < 1.29 is 14.3 Å². The van der Waals surface area contributed by atoms with E-state index < -0.39 is 0 Å². The van der Waals surface area contributed by atoms with Crippen LogP contribution in [-0.2, 0) is 11.2 Å². The van der Waals surface area contributed by atoms with E-state index in [4.69, 9.17) is 4.74 Å². The van der Waals surface area contributed by atoms with E-state index in [1.54, 1.807) is 6.20 Å². The van der Waals surface area contributed by atoms with Gasteiger partial charge in [-0.25, -0.2) is 9.97 Å². The standard InChI is InChI=1S/C21H27N5O3/c1-4-14-7-5-6-8-18(14)29-13-20(27)24-15-9-16(10-15)25-21(28)17-11-23-19(12-22-17)26(2)3/h5-8,11-12,15-16H,4,9-10,13H2,1-3H3,(H,24,27)(H,25,28). The fourth-order valence-electron chi connectivity index (χ4n) is 3.13. The van der Waals surface area contributed by atoms with Crippen LogP contribution in [0.25, 0.3) is 0 Å². The van der Waals surface area contributed by atoms with Gasteiger partial charge in [-0.1, -0.05) is 25.1 Å². The molecule has 1 aliphatic carbocycles. The zero-order valence-electron chi connectivity index (χ0n) is 17.0. The molecule has 1 saturated carbocycles. The van der Waals surface area contributed by atoms with Gasteiger partial charge in [0.05, 0.1) is 12.4 Å². The van der Waals surface area contributed by atoms with Crippen LogP contribution in [0.5, 0.6) is 5.75 Å². The Morgan fingerprint density at radius 2 is 1.83 bits per heavy atom. The Bertz CT molecular complexity index is 848. The highest BCUT2D eigenvalue weighted by molar-refractivity contribution is 5.92. The van der Waals surface area contributed by atoms with Crippen molar-refractivity contribution in [1.82, 2.24) is 20.6 Å². The van der Waals surface area contributed by atoms with Crippen LogP contribution in [0.15, 0.2) is 36.7 Å². The highest BCUT2D eigenvalue weighted by atomic mass is 16.5. The number of nitrogens with zero attached hydrogens (tertiary/aromatic N) is 3. The van der Waals surface area contributed by atoms with E-state index in [0.29, 0.717) is 18.7 Å². The molecule has 0 aliphatic heterocycles. The van der Waals surface area contributed by atoms with Crippen molar-refractivity contribution in [3.8, 4) is 5.75 Å². The summed E-state index contributed by atoms with van der Waals surface area (Å²) >= 11 is 0. The molecule has 3 rings (SSSR count). The molecular weight excluding hydrogens is 370 g/mol. The Morgan fingerprint density at radius 1 is 1.10 bits per heavy atom. The summed E-state index contributed by atoms with van der Waals surface area (Å²) in [7, 11) is 3.72. The first-order chi connectivity index (χ1) is 14.0. The molecule has 8 heteroatoms. The van der Waals surface area contributed by atoms with Crippen molar-refractivity contribution in [2.45, 2.75) is 38.3 Å². The molecule has 1 aromatic heterocycles. The molecule has 1 heterocycles. The third-order valence-corrected chi connectivity index (χ3v) is 4.88. The van der Waals surface area contributed by atoms with Gasteiger partial charge in [-0.3, -0.25) is 9.59 Å². The van der Waals surface area contributed by atoms with Crippen molar-refractivity contribution >= 4 is 17.6 Å². The molecular formula is C21H27N5O3. The van der Waals surface area contributed by atoms with Gasteiger partial charge in [-0.2, -0.15) is 0 Å². The highest BCUT2D eigenvalue weighted by Crippen LogP contribution is 2.21. The van der Waals surface area contributed by atoms with Crippen LogP contribution >= 0.6 is 0 Å². The van der Waals surface area contributed by atoms with Gasteiger partial charge in [0.25, 0.3) is 11.8 Å². The predicted molar refractivity (Wildman–Crippen MR) is 110 cm³/mol. The van der Waals surface area contributed by atoms with Gasteiger partial charge in [0, 0.05) is 26.2 Å². The van der Waals surface area contributed by atoms with E-state index in [1.807, 2.05) is 50.2 Å². The number of para-hydroxylation sites is 1. The normalized spacial score (nSPS) is 17.8. The van der Waals surface area contributed by atoms with Crippen LogP contribution in [0.2, 0.25) is 0 Å². The summed E-state index contributed by atoms with van der Waals surface area (Å²) in [5.74, 6) is 1.02. The molecule has 1 aromatic carbocycles. The third kappa shape index (κ3) is 5.43. The number of benzene rings is 1. The molecule has 1 aliphatic rings. The lowest BCUT2D eigenvalue weighted by atomic mass is 9.86. The Labute approximate surface area is 170 Å². The molecule has 1 fully saturated rings. The number of carbonyl (C=O) groups excluding carboxylic acids is 2. The molecule has 8 nitrogen and oxygen atoms in total. The molecule has 0 bridgehead atoms. The summed E-state index contributed by atoms with van der Waals surface area (Å²) < 4.78 is 5.63. The highest BCUT2D eigenvalue weighted by Gasteiger charge is 2.32. The summed E-state index contributed by atoms with van der Waals surface area (Å²) in [6.45, 7) is 2.03. The average molecular weight is 397 g/mol. The van der Waals surface area contributed by atoms with E-state index in [0.717, 1.165) is 17.7 Å². The average Bonchev–Trinajstić information content (AvgIpc) is 2.70. The Balaban J connectivity index is 1.38. The molecule has 2 amide bonds. The topological polar surface area (TPSA) is 96.5 Å². The van der Waals surface area contributed by atoms with E-state index in [9.17, 15) is 9.59 Å². The van der Waals surface area contributed by atoms with Gasteiger partial charge in [0.2, 0.25) is 0 Å². The van der Waals surface area contributed by atoms with Gasteiger partial charge >= 0.3 is 0 Å². The first-order valence-electron chi connectivity index (χ1n) is 9.76. The number of hydrogen-bond donors (Lipinski definition) is 2. The van der Waals surface area contributed by atoms with Crippen molar-refractivity contribution in [2.75, 3.05) is 25.6 Å². The van der Waals surface area contributed by atoms with Crippen molar-refractivity contribution in [2.24, 2.45) is 0 Å². The second kappa shape index (κ2) is 9.36. The lowest BCUT2D eigenvalue weighted by molar-refractivity contribution is -0.124. The number of rotatable bonds is 8. The maximum Gasteiger partial charge on any atom is 0.271 e. The van der Waals surface area contributed by atoms with Crippen molar-refractivity contribution in [1.29, 1.82) is 0 Å². The predicted octanol–water partition coefficient (Wildman–Crippen LogP) is 1.56. The molecule has 2 aromatic rings. The van der Waals surface area contributed by atoms with Gasteiger partial charge < -0.3 is 20.3 Å². The van der Waals surface area contributed by atoms with Gasteiger partial charge in [-0.05, 0) is 30.9 Å². The summed E-state index contributed by atoms with van der Waals surface area (Å²) in [6.07, 6.45) is 5.26. The maximum absolute atomic E-state index is 12.2. The molecule has 2 N–H and O–H groups in total. The first-order valence-corrected chi connectivity index (χ1v) is 9.76. The number of ether oxygens (including phenoxy) is 1. The molecule has 0 unspecified atom stereocenters. The molecule has 0 saturated heterocycles. The van der Waals surface area contributed by atoms with Crippen LogP contribution in [0.4, 0.5) is 5.82 Å². The zero-order valence-corrected chi connectivity index (χ0v) is 17.0. The minimum absolute atomic E-state index is 0.0155. The second-order valence-corrected chi connectivity index (χ2v) is 7.31. The third-order valence-electron chi connectivity index (χ3n) is 4.88. The summed E-state index contributed by atoms with van der Waals surface area (Å²) in [5.41, 5.74) is 1.36. The van der Waals surface area contributed by atoms with Gasteiger partial charge in [0.15, 0.2) is 6.61 Å². The second-order valence-electron chi connectivity index (χ2n) is 7.31. The smallest absolute Gasteiger partial charge is 0.271 e. The zero-order chi connectivity index (χ0) is 20.8.